The Labute approximate surface area is 152 Å². The average molecular weight is 359 g/mol. The van der Waals surface area contributed by atoms with E-state index in [0.29, 0.717) is 5.92 Å². The summed E-state index contributed by atoms with van der Waals surface area (Å²) < 4.78 is 5.23. The summed E-state index contributed by atoms with van der Waals surface area (Å²) in [5.41, 5.74) is 2.76. The number of rotatable bonds is 5. The normalized spacial score (nSPS) is 20.4. The van der Waals surface area contributed by atoms with E-state index in [0.717, 1.165) is 52.7 Å². The molecule has 2 atom stereocenters. The van der Waals surface area contributed by atoms with Gasteiger partial charge in [0.05, 0.1) is 11.3 Å². The van der Waals surface area contributed by atoms with Gasteiger partial charge in [-0.15, -0.1) is 11.8 Å². The molecule has 2 heterocycles. The van der Waals surface area contributed by atoms with Gasteiger partial charge in [-0.25, -0.2) is 0 Å². The number of aromatic nitrogens is 1. The molecule has 1 aliphatic rings. The van der Waals surface area contributed by atoms with Crippen molar-refractivity contribution < 1.29 is 9.32 Å². The lowest BCUT2D eigenvalue weighted by atomic mass is 9.95. The Morgan fingerprint density at radius 2 is 2.20 bits per heavy atom. The molecule has 5 nitrogen and oxygen atoms in total. The first-order valence-electron chi connectivity index (χ1n) is 8.71. The van der Waals surface area contributed by atoms with Crippen LogP contribution in [-0.2, 0) is 5.75 Å². The number of hydrogen-bond acceptors (Lipinski definition) is 5. The van der Waals surface area contributed by atoms with Crippen LogP contribution in [0.1, 0.15) is 40.7 Å². The summed E-state index contributed by atoms with van der Waals surface area (Å²) >= 11 is 1.65. The molecule has 25 heavy (non-hydrogen) atoms. The van der Waals surface area contributed by atoms with Crippen molar-refractivity contribution in [3.8, 4) is 0 Å². The zero-order valence-electron chi connectivity index (χ0n) is 15.0. The Bertz CT molecular complexity index is 725. The smallest absolute Gasteiger partial charge is 0.252 e. The lowest BCUT2D eigenvalue weighted by Gasteiger charge is -2.30. The van der Waals surface area contributed by atoms with Crippen molar-refractivity contribution in [1.82, 2.24) is 15.8 Å². The van der Waals surface area contributed by atoms with Gasteiger partial charge in [0.2, 0.25) is 0 Å². The number of thioether (sulfide) groups is 1. The maximum atomic E-state index is 12.8. The summed E-state index contributed by atoms with van der Waals surface area (Å²) in [5.74, 6) is 2.05. The van der Waals surface area contributed by atoms with E-state index in [1.807, 2.05) is 38.1 Å². The summed E-state index contributed by atoms with van der Waals surface area (Å²) in [6, 6.07) is 8.02. The zero-order chi connectivity index (χ0) is 17.8. The highest BCUT2D eigenvalue weighted by atomic mass is 32.2. The van der Waals surface area contributed by atoms with Crippen LogP contribution in [0, 0.1) is 19.8 Å². The van der Waals surface area contributed by atoms with Crippen LogP contribution in [-0.4, -0.2) is 30.2 Å². The van der Waals surface area contributed by atoms with Gasteiger partial charge in [-0.05, 0) is 51.4 Å². The fraction of sp³-hybridized carbons (Fsp3) is 0.474. The largest absolute Gasteiger partial charge is 0.361 e. The van der Waals surface area contributed by atoms with E-state index in [1.165, 1.54) is 0 Å². The van der Waals surface area contributed by atoms with E-state index in [1.54, 1.807) is 11.8 Å². The monoisotopic (exact) mass is 359 g/mol. The third-order valence-corrected chi connectivity index (χ3v) is 5.89. The topological polar surface area (TPSA) is 67.2 Å². The first kappa shape index (κ1) is 18.0. The minimum atomic E-state index is 0.0145. The number of carbonyl (C=O) groups excluding carboxylic acids is 1. The number of aryl methyl sites for hydroxylation is 2. The Balaban J connectivity index is 1.70. The maximum Gasteiger partial charge on any atom is 0.252 e. The highest BCUT2D eigenvalue weighted by Crippen LogP contribution is 2.29. The number of nitrogens with zero attached hydrogens (tertiary/aromatic N) is 1. The van der Waals surface area contributed by atoms with Gasteiger partial charge >= 0.3 is 0 Å². The molecule has 1 aliphatic heterocycles. The average Bonchev–Trinajstić information content (AvgIpc) is 2.93. The number of benzene rings is 1. The summed E-state index contributed by atoms with van der Waals surface area (Å²) in [4.78, 5) is 13.8. The molecular formula is C19H25N3O2S. The minimum absolute atomic E-state index is 0.0145. The van der Waals surface area contributed by atoms with Crippen LogP contribution in [0.4, 0.5) is 0 Å². The SMILES string of the molecule is Cc1noc(C)c1CSc1ccccc1C(=O)NC1CCNCC1C. The zero-order valence-corrected chi connectivity index (χ0v) is 15.8. The molecule has 0 spiro atoms. The minimum Gasteiger partial charge on any atom is -0.361 e. The number of carbonyl (C=O) groups is 1. The lowest BCUT2D eigenvalue weighted by molar-refractivity contribution is 0.0911. The quantitative estimate of drug-likeness (QED) is 0.802. The number of amides is 1. The maximum absolute atomic E-state index is 12.8. The van der Waals surface area contributed by atoms with E-state index in [2.05, 4.69) is 22.7 Å². The second-order valence-corrected chi connectivity index (χ2v) is 7.65. The van der Waals surface area contributed by atoms with Crippen LogP contribution in [0.3, 0.4) is 0 Å². The van der Waals surface area contributed by atoms with Crippen LogP contribution in [0.15, 0.2) is 33.7 Å². The molecule has 3 rings (SSSR count). The first-order valence-corrected chi connectivity index (χ1v) is 9.70. The van der Waals surface area contributed by atoms with Gasteiger partial charge in [0.15, 0.2) is 0 Å². The van der Waals surface area contributed by atoms with Crippen LogP contribution in [0.2, 0.25) is 0 Å². The Morgan fingerprint density at radius 3 is 2.92 bits per heavy atom. The first-order chi connectivity index (χ1) is 12.1. The molecular weight excluding hydrogens is 334 g/mol. The molecule has 6 heteroatoms. The van der Waals surface area contributed by atoms with Gasteiger partial charge < -0.3 is 15.2 Å². The fourth-order valence-corrected chi connectivity index (χ4v) is 4.32. The molecule has 0 aliphatic carbocycles. The predicted molar refractivity (Wildman–Crippen MR) is 99.9 cm³/mol. The number of nitrogens with one attached hydrogen (secondary N) is 2. The molecule has 0 bridgehead atoms. The van der Waals surface area contributed by atoms with Crippen molar-refractivity contribution in [2.45, 2.75) is 43.9 Å². The van der Waals surface area contributed by atoms with E-state index in [4.69, 9.17) is 4.52 Å². The molecule has 1 aromatic carbocycles. The predicted octanol–water partition coefficient (Wildman–Crippen LogP) is 3.31. The van der Waals surface area contributed by atoms with E-state index in [-0.39, 0.29) is 11.9 Å². The van der Waals surface area contributed by atoms with Crippen molar-refractivity contribution >= 4 is 17.7 Å². The van der Waals surface area contributed by atoms with Crippen molar-refractivity contribution in [1.29, 1.82) is 0 Å². The van der Waals surface area contributed by atoms with Gasteiger partial charge in [0, 0.05) is 22.3 Å². The molecule has 1 saturated heterocycles. The molecule has 2 N–H and O–H groups in total. The van der Waals surface area contributed by atoms with E-state index in [9.17, 15) is 4.79 Å². The molecule has 134 valence electrons. The Hall–Kier alpha value is -1.79. The van der Waals surface area contributed by atoms with E-state index < -0.39 is 0 Å². The summed E-state index contributed by atoms with van der Waals surface area (Å²) in [7, 11) is 0. The van der Waals surface area contributed by atoms with Crippen LogP contribution in [0.25, 0.3) is 0 Å². The molecule has 0 saturated carbocycles. The summed E-state index contributed by atoms with van der Waals surface area (Å²) in [5, 5.41) is 10.6. The Morgan fingerprint density at radius 1 is 1.40 bits per heavy atom. The van der Waals surface area contributed by atoms with E-state index >= 15 is 0 Å². The third kappa shape index (κ3) is 4.25. The molecule has 0 radical (unpaired) electrons. The number of hydrogen-bond donors (Lipinski definition) is 2. The van der Waals surface area contributed by atoms with Gasteiger partial charge in [-0.2, -0.15) is 0 Å². The molecule has 1 aromatic heterocycles. The fourth-order valence-electron chi connectivity index (χ4n) is 3.11. The van der Waals surface area contributed by atoms with Gasteiger partial charge in [0.25, 0.3) is 5.91 Å². The van der Waals surface area contributed by atoms with Crippen molar-refractivity contribution in [3.63, 3.8) is 0 Å². The summed E-state index contributed by atoms with van der Waals surface area (Å²) in [6.45, 7) is 7.96. The molecule has 2 aromatic rings. The third-order valence-electron chi connectivity index (χ3n) is 4.79. The van der Waals surface area contributed by atoms with Gasteiger partial charge in [-0.1, -0.05) is 24.2 Å². The highest BCUT2D eigenvalue weighted by molar-refractivity contribution is 7.98. The van der Waals surface area contributed by atoms with Crippen LogP contribution < -0.4 is 10.6 Å². The molecule has 1 fully saturated rings. The standard InChI is InChI=1S/C19H25N3O2S/c1-12-10-20-9-8-17(12)21-19(23)15-6-4-5-7-18(15)25-11-16-13(2)22-24-14(16)3/h4-7,12,17,20H,8-11H2,1-3H3,(H,21,23). The lowest BCUT2D eigenvalue weighted by Crippen LogP contribution is -2.48. The second kappa shape index (κ2) is 8.06. The number of piperidine rings is 1. The van der Waals surface area contributed by atoms with Gasteiger partial charge in [0.1, 0.15) is 5.76 Å². The van der Waals surface area contributed by atoms with Crippen LogP contribution in [0.5, 0.6) is 0 Å². The van der Waals surface area contributed by atoms with Gasteiger partial charge in [-0.3, -0.25) is 4.79 Å². The summed E-state index contributed by atoms with van der Waals surface area (Å²) in [6.07, 6.45) is 0.974. The van der Waals surface area contributed by atoms with Crippen molar-refractivity contribution in [3.05, 3.63) is 46.8 Å². The van der Waals surface area contributed by atoms with Crippen LogP contribution >= 0.6 is 11.8 Å². The molecule has 2 unspecified atom stereocenters. The highest BCUT2D eigenvalue weighted by Gasteiger charge is 2.24. The Kier molecular flexibility index (Phi) is 5.81. The van der Waals surface area contributed by atoms with Crippen molar-refractivity contribution in [2.75, 3.05) is 13.1 Å². The molecule has 1 amide bonds. The second-order valence-electron chi connectivity index (χ2n) is 6.64. The van der Waals surface area contributed by atoms with Crippen molar-refractivity contribution in [2.24, 2.45) is 5.92 Å².